The zero-order valence-electron chi connectivity index (χ0n) is 13.9. The van der Waals surface area contributed by atoms with Gasteiger partial charge >= 0.3 is 5.97 Å². The lowest BCUT2D eigenvalue weighted by molar-refractivity contribution is -0.152. The molecule has 5 heteroatoms. The molecule has 0 unspecified atom stereocenters. The summed E-state index contributed by atoms with van der Waals surface area (Å²) in [6, 6.07) is 11.4. The van der Waals surface area contributed by atoms with E-state index < -0.39 is 23.8 Å². The molecular weight excluding hydrogens is 309 g/mol. The molecule has 0 radical (unpaired) electrons. The molecule has 2 aromatic rings. The van der Waals surface area contributed by atoms with E-state index in [1.54, 1.807) is 6.07 Å². The van der Waals surface area contributed by atoms with Gasteiger partial charge in [-0.15, -0.1) is 0 Å². The Morgan fingerprint density at radius 2 is 1.75 bits per heavy atom. The Balaban J connectivity index is 1.95. The first kappa shape index (κ1) is 17.7. The minimum Gasteiger partial charge on any atom is -0.452 e. The summed E-state index contributed by atoms with van der Waals surface area (Å²) in [6.45, 7) is 5.29. The van der Waals surface area contributed by atoms with E-state index >= 15 is 0 Å². The van der Waals surface area contributed by atoms with Crippen molar-refractivity contribution in [3.05, 3.63) is 65.0 Å². The smallest absolute Gasteiger partial charge is 0.311 e. The molecular formula is C19H20FNO3. The predicted octanol–water partition coefficient (Wildman–Crippen LogP) is 3.56. The van der Waals surface area contributed by atoms with Crippen LogP contribution in [-0.2, 0) is 20.7 Å². The zero-order chi connectivity index (χ0) is 17.7. The number of para-hydroxylation sites is 1. The molecule has 0 saturated carbocycles. The van der Waals surface area contributed by atoms with E-state index in [0.717, 1.165) is 16.8 Å². The Morgan fingerprint density at radius 1 is 1.12 bits per heavy atom. The number of rotatable bonds is 5. The van der Waals surface area contributed by atoms with Crippen LogP contribution >= 0.6 is 0 Å². The molecule has 0 fully saturated rings. The molecule has 1 atom stereocenters. The first-order chi connectivity index (χ1) is 11.4. The number of halogens is 1. The molecule has 0 aromatic heterocycles. The first-order valence-corrected chi connectivity index (χ1v) is 7.68. The average Bonchev–Trinajstić information content (AvgIpc) is 2.50. The Hall–Kier alpha value is -2.69. The van der Waals surface area contributed by atoms with Crippen LogP contribution in [0.2, 0.25) is 0 Å². The van der Waals surface area contributed by atoms with Crippen molar-refractivity contribution in [1.29, 1.82) is 0 Å². The molecule has 2 rings (SSSR count). The average molecular weight is 329 g/mol. The maximum absolute atomic E-state index is 13.1. The third kappa shape index (κ3) is 4.65. The molecule has 0 bridgehead atoms. The van der Waals surface area contributed by atoms with E-state index in [4.69, 9.17) is 4.74 Å². The molecule has 0 aliphatic carbocycles. The van der Waals surface area contributed by atoms with Gasteiger partial charge in [-0.2, -0.15) is 0 Å². The highest BCUT2D eigenvalue weighted by molar-refractivity contribution is 5.96. The molecule has 126 valence electrons. The summed E-state index contributed by atoms with van der Waals surface area (Å²) in [5.41, 5.74) is 3.08. The molecule has 0 spiro atoms. The number of amides is 1. The van der Waals surface area contributed by atoms with Crippen LogP contribution < -0.4 is 5.32 Å². The van der Waals surface area contributed by atoms with Crippen LogP contribution in [0.5, 0.6) is 0 Å². The molecule has 0 heterocycles. The molecule has 0 saturated heterocycles. The van der Waals surface area contributed by atoms with Crippen LogP contribution in [0.3, 0.4) is 0 Å². The summed E-state index contributed by atoms with van der Waals surface area (Å²) in [4.78, 5) is 24.1. The minimum absolute atomic E-state index is 0.0846. The van der Waals surface area contributed by atoms with E-state index in [0.29, 0.717) is 5.56 Å². The van der Waals surface area contributed by atoms with Crippen molar-refractivity contribution in [2.45, 2.75) is 33.3 Å². The Kier molecular flexibility index (Phi) is 5.68. The third-order valence-electron chi connectivity index (χ3n) is 3.64. The van der Waals surface area contributed by atoms with E-state index in [-0.39, 0.29) is 6.42 Å². The van der Waals surface area contributed by atoms with Crippen LogP contribution in [0.4, 0.5) is 10.1 Å². The standard InChI is InChI=1S/C19H20FNO3/c1-12-6-4-7-13(2)18(12)21-19(23)14(3)24-17(22)11-15-8-5-9-16(20)10-15/h4-10,14H,11H2,1-3H3,(H,21,23)/t14-/m0/s1. The normalized spacial score (nSPS) is 11.7. The number of hydrogen-bond acceptors (Lipinski definition) is 3. The number of carbonyl (C=O) groups is 2. The van der Waals surface area contributed by atoms with Crippen molar-refractivity contribution in [3.63, 3.8) is 0 Å². The van der Waals surface area contributed by atoms with Gasteiger partial charge in [-0.3, -0.25) is 9.59 Å². The quantitative estimate of drug-likeness (QED) is 0.854. The summed E-state index contributed by atoms with van der Waals surface area (Å²) in [6.07, 6.45) is -1.02. The van der Waals surface area contributed by atoms with Crippen molar-refractivity contribution in [2.24, 2.45) is 0 Å². The fraction of sp³-hybridized carbons (Fsp3) is 0.263. The van der Waals surface area contributed by atoms with E-state index in [1.165, 1.54) is 25.1 Å². The summed E-state index contributed by atoms with van der Waals surface area (Å²) in [5, 5.41) is 2.78. The molecule has 2 aromatic carbocycles. The molecule has 4 nitrogen and oxygen atoms in total. The van der Waals surface area contributed by atoms with Crippen molar-refractivity contribution in [3.8, 4) is 0 Å². The van der Waals surface area contributed by atoms with Gasteiger partial charge in [-0.05, 0) is 49.6 Å². The molecule has 1 amide bonds. The van der Waals surface area contributed by atoms with Gasteiger partial charge in [-0.25, -0.2) is 4.39 Å². The van der Waals surface area contributed by atoms with E-state index in [9.17, 15) is 14.0 Å². The van der Waals surface area contributed by atoms with Crippen molar-refractivity contribution < 1.29 is 18.7 Å². The second-order valence-electron chi connectivity index (χ2n) is 5.69. The zero-order valence-corrected chi connectivity index (χ0v) is 13.9. The highest BCUT2D eigenvalue weighted by Gasteiger charge is 2.19. The lowest BCUT2D eigenvalue weighted by Gasteiger charge is -2.16. The largest absolute Gasteiger partial charge is 0.452 e. The molecule has 0 aliphatic heterocycles. The maximum atomic E-state index is 13.1. The number of ether oxygens (including phenoxy) is 1. The second kappa shape index (κ2) is 7.73. The molecule has 24 heavy (non-hydrogen) atoms. The number of benzene rings is 2. The van der Waals surface area contributed by atoms with Crippen LogP contribution in [-0.4, -0.2) is 18.0 Å². The summed E-state index contributed by atoms with van der Waals surface area (Å²) in [7, 11) is 0. The summed E-state index contributed by atoms with van der Waals surface area (Å²) in [5.74, 6) is -1.40. The van der Waals surface area contributed by atoms with Gasteiger partial charge in [0.25, 0.3) is 5.91 Å². The first-order valence-electron chi connectivity index (χ1n) is 7.68. The lowest BCUT2D eigenvalue weighted by Crippen LogP contribution is -2.31. The second-order valence-corrected chi connectivity index (χ2v) is 5.69. The fourth-order valence-corrected chi connectivity index (χ4v) is 2.34. The van der Waals surface area contributed by atoms with Gasteiger partial charge in [0.2, 0.25) is 0 Å². The van der Waals surface area contributed by atoms with Gasteiger partial charge in [0.15, 0.2) is 6.10 Å². The van der Waals surface area contributed by atoms with Crippen molar-refractivity contribution in [1.82, 2.24) is 0 Å². The number of nitrogens with one attached hydrogen (secondary N) is 1. The third-order valence-corrected chi connectivity index (χ3v) is 3.64. The highest BCUT2D eigenvalue weighted by Crippen LogP contribution is 2.19. The molecule has 1 N–H and O–H groups in total. The monoisotopic (exact) mass is 329 g/mol. The number of aryl methyl sites for hydroxylation is 2. The molecule has 0 aliphatic rings. The number of anilines is 1. The van der Waals surface area contributed by atoms with Crippen molar-refractivity contribution in [2.75, 3.05) is 5.32 Å². The Bertz CT molecular complexity index is 738. The van der Waals surface area contributed by atoms with E-state index in [2.05, 4.69) is 5.32 Å². The van der Waals surface area contributed by atoms with Crippen LogP contribution in [0.1, 0.15) is 23.6 Å². The lowest BCUT2D eigenvalue weighted by atomic mass is 10.1. The number of esters is 1. The van der Waals surface area contributed by atoms with Gasteiger partial charge in [0.05, 0.1) is 6.42 Å². The van der Waals surface area contributed by atoms with Gasteiger partial charge in [0, 0.05) is 5.69 Å². The van der Waals surface area contributed by atoms with Crippen LogP contribution in [0, 0.1) is 19.7 Å². The number of hydrogen-bond donors (Lipinski definition) is 1. The Morgan fingerprint density at radius 3 is 2.38 bits per heavy atom. The van der Waals surface area contributed by atoms with Crippen molar-refractivity contribution >= 4 is 17.6 Å². The maximum Gasteiger partial charge on any atom is 0.311 e. The predicted molar refractivity (Wildman–Crippen MR) is 90.2 cm³/mol. The van der Waals surface area contributed by atoms with Gasteiger partial charge < -0.3 is 10.1 Å². The minimum atomic E-state index is -0.940. The van der Waals surface area contributed by atoms with Gasteiger partial charge in [0.1, 0.15) is 5.82 Å². The number of carbonyl (C=O) groups excluding carboxylic acids is 2. The SMILES string of the molecule is Cc1cccc(C)c1NC(=O)[C@H](C)OC(=O)Cc1cccc(F)c1. The summed E-state index contributed by atoms with van der Waals surface area (Å²) < 4.78 is 18.2. The van der Waals surface area contributed by atoms with Gasteiger partial charge in [-0.1, -0.05) is 30.3 Å². The fourth-order valence-electron chi connectivity index (χ4n) is 2.34. The Labute approximate surface area is 140 Å². The van der Waals surface area contributed by atoms with Crippen LogP contribution in [0.25, 0.3) is 0 Å². The van der Waals surface area contributed by atoms with E-state index in [1.807, 2.05) is 32.0 Å². The summed E-state index contributed by atoms with van der Waals surface area (Å²) >= 11 is 0. The topological polar surface area (TPSA) is 55.4 Å². The highest BCUT2D eigenvalue weighted by atomic mass is 19.1. The van der Waals surface area contributed by atoms with Crippen LogP contribution in [0.15, 0.2) is 42.5 Å².